The van der Waals surface area contributed by atoms with Crippen molar-refractivity contribution < 1.29 is 19.0 Å². The Morgan fingerprint density at radius 1 is 1.03 bits per heavy atom. The monoisotopic (exact) mass is 398 g/mol. The summed E-state index contributed by atoms with van der Waals surface area (Å²) >= 11 is 0. The molecule has 2 aromatic carbocycles. The molecule has 156 valence electrons. The zero-order valence-corrected chi connectivity index (χ0v) is 17.8. The van der Waals surface area contributed by atoms with Gasteiger partial charge >= 0.3 is 0 Å². The molecule has 0 spiro atoms. The Balaban J connectivity index is 1.89. The van der Waals surface area contributed by atoms with E-state index in [0.29, 0.717) is 36.4 Å². The molecule has 0 aliphatic rings. The third kappa shape index (κ3) is 6.82. The normalized spacial score (nSPS) is 11.0. The van der Waals surface area contributed by atoms with Crippen molar-refractivity contribution in [3.8, 4) is 17.2 Å². The van der Waals surface area contributed by atoms with Gasteiger partial charge in [0.05, 0.1) is 19.4 Å². The van der Waals surface area contributed by atoms with Crippen LogP contribution in [0.15, 0.2) is 41.5 Å². The fraction of sp³-hybridized carbons (Fsp3) is 0.391. The van der Waals surface area contributed by atoms with Crippen molar-refractivity contribution in [2.45, 2.75) is 40.5 Å². The highest BCUT2D eigenvalue weighted by molar-refractivity contribution is 5.83. The van der Waals surface area contributed by atoms with E-state index < -0.39 is 0 Å². The summed E-state index contributed by atoms with van der Waals surface area (Å²) in [6, 6.07) is 11.4. The summed E-state index contributed by atoms with van der Waals surface area (Å²) in [4.78, 5) is 12.0. The van der Waals surface area contributed by atoms with Crippen molar-refractivity contribution in [1.29, 1.82) is 0 Å². The first-order valence-corrected chi connectivity index (χ1v) is 9.89. The van der Waals surface area contributed by atoms with Crippen LogP contribution in [-0.4, -0.2) is 31.9 Å². The van der Waals surface area contributed by atoms with E-state index in [4.69, 9.17) is 14.2 Å². The molecule has 6 nitrogen and oxygen atoms in total. The second-order valence-electron chi connectivity index (χ2n) is 6.83. The number of nitrogens with one attached hydrogen (secondary N) is 1. The van der Waals surface area contributed by atoms with Gasteiger partial charge in [0, 0.05) is 0 Å². The van der Waals surface area contributed by atoms with Crippen molar-refractivity contribution in [3.63, 3.8) is 0 Å². The Morgan fingerprint density at radius 3 is 2.41 bits per heavy atom. The smallest absolute Gasteiger partial charge is 0.277 e. The number of hydrogen-bond acceptors (Lipinski definition) is 5. The lowest BCUT2D eigenvalue weighted by Crippen LogP contribution is -2.24. The average Bonchev–Trinajstić information content (AvgIpc) is 2.68. The van der Waals surface area contributed by atoms with Gasteiger partial charge in [0.2, 0.25) is 0 Å². The summed E-state index contributed by atoms with van der Waals surface area (Å²) in [6.45, 7) is 11.2. The number of benzene rings is 2. The Kier molecular flexibility index (Phi) is 8.52. The van der Waals surface area contributed by atoms with Gasteiger partial charge in [0.1, 0.15) is 5.75 Å². The number of ether oxygens (including phenoxy) is 3. The molecular formula is C23H30N2O4. The van der Waals surface area contributed by atoms with Gasteiger partial charge < -0.3 is 14.2 Å². The molecule has 29 heavy (non-hydrogen) atoms. The summed E-state index contributed by atoms with van der Waals surface area (Å²) in [5.41, 5.74) is 5.68. The predicted octanol–water partition coefficient (Wildman–Crippen LogP) is 4.44. The highest BCUT2D eigenvalue weighted by Gasteiger charge is 2.07. The van der Waals surface area contributed by atoms with Gasteiger partial charge in [-0.05, 0) is 73.7 Å². The number of hydrogen-bond donors (Lipinski definition) is 1. The second kappa shape index (κ2) is 11.1. The third-order valence-electron chi connectivity index (χ3n) is 4.20. The summed E-state index contributed by atoms with van der Waals surface area (Å²) < 4.78 is 16.7. The highest BCUT2D eigenvalue weighted by atomic mass is 16.5. The molecule has 6 heteroatoms. The van der Waals surface area contributed by atoms with Crippen LogP contribution in [0.4, 0.5) is 0 Å². The average molecular weight is 399 g/mol. The number of rotatable bonds is 10. The first-order valence-electron chi connectivity index (χ1n) is 9.89. The van der Waals surface area contributed by atoms with Crippen molar-refractivity contribution >= 4 is 12.1 Å². The van der Waals surface area contributed by atoms with Gasteiger partial charge in [-0.3, -0.25) is 4.79 Å². The Bertz CT molecular complexity index is 847. The molecular weight excluding hydrogens is 368 g/mol. The SMILES string of the molecule is CCOc1ccc(/C=N/NC(=O)COc2ccc(C(C)C)c(C)c2)cc1OCC. The maximum absolute atomic E-state index is 12.0. The molecule has 0 saturated carbocycles. The molecule has 0 aliphatic carbocycles. The molecule has 0 bridgehead atoms. The molecule has 0 aliphatic heterocycles. The van der Waals surface area contributed by atoms with Crippen LogP contribution in [0.3, 0.4) is 0 Å². The molecule has 0 saturated heterocycles. The van der Waals surface area contributed by atoms with Crippen LogP contribution in [0.25, 0.3) is 0 Å². The number of carbonyl (C=O) groups excluding carboxylic acids is 1. The summed E-state index contributed by atoms with van der Waals surface area (Å²) in [6.07, 6.45) is 1.55. The molecule has 0 aromatic heterocycles. The van der Waals surface area contributed by atoms with Crippen LogP contribution in [0.1, 0.15) is 50.3 Å². The molecule has 0 atom stereocenters. The van der Waals surface area contributed by atoms with Crippen molar-refractivity contribution in [3.05, 3.63) is 53.1 Å². The number of amides is 1. The van der Waals surface area contributed by atoms with Gasteiger partial charge in [-0.25, -0.2) is 5.43 Å². The topological polar surface area (TPSA) is 69.2 Å². The zero-order valence-electron chi connectivity index (χ0n) is 17.8. The summed E-state index contributed by atoms with van der Waals surface area (Å²) in [5.74, 6) is 2.12. The summed E-state index contributed by atoms with van der Waals surface area (Å²) in [7, 11) is 0. The summed E-state index contributed by atoms with van der Waals surface area (Å²) in [5, 5.41) is 3.98. The molecule has 1 N–H and O–H groups in total. The van der Waals surface area contributed by atoms with Crippen molar-refractivity contribution in [1.82, 2.24) is 5.43 Å². The minimum atomic E-state index is -0.331. The number of carbonyl (C=O) groups is 1. The van der Waals surface area contributed by atoms with Crippen LogP contribution < -0.4 is 19.6 Å². The quantitative estimate of drug-likeness (QED) is 0.474. The van der Waals surface area contributed by atoms with Crippen molar-refractivity contribution in [2.75, 3.05) is 19.8 Å². The Labute approximate surface area is 172 Å². The first kappa shape index (κ1) is 22.3. The Morgan fingerprint density at radius 2 is 1.76 bits per heavy atom. The van der Waals surface area contributed by atoms with E-state index in [9.17, 15) is 4.79 Å². The zero-order chi connectivity index (χ0) is 21.2. The van der Waals surface area contributed by atoms with Crippen LogP contribution in [0, 0.1) is 6.92 Å². The first-order chi connectivity index (χ1) is 13.9. The third-order valence-corrected chi connectivity index (χ3v) is 4.20. The van der Waals surface area contributed by atoms with Gasteiger partial charge in [0.15, 0.2) is 18.1 Å². The van der Waals surface area contributed by atoms with Gasteiger partial charge in [-0.15, -0.1) is 0 Å². The molecule has 2 aromatic rings. The minimum absolute atomic E-state index is 0.106. The largest absolute Gasteiger partial charge is 0.490 e. The number of hydrazone groups is 1. The fourth-order valence-electron chi connectivity index (χ4n) is 2.89. The van der Waals surface area contributed by atoms with Crippen LogP contribution in [0.5, 0.6) is 17.2 Å². The van der Waals surface area contributed by atoms with Crippen LogP contribution in [-0.2, 0) is 4.79 Å². The van der Waals surface area contributed by atoms with Gasteiger partial charge in [0.25, 0.3) is 5.91 Å². The standard InChI is InChI=1S/C23H30N2O4/c1-6-27-21-11-8-18(13-22(21)28-7-2)14-24-25-23(26)15-29-19-9-10-20(16(3)4)17(5)12-19/h8-14,16H,6-7,15H2,1-5H3,(H,25,26)/b24-14+. The van der Waals surface area contributed by atoms with E-state index in [1.165, 1.54) is 5.56 Å². The lowest BCUT2D eigenvalue weighted by atomic mass is 9.98. The number of nitrogens with zero attached hydrogens (tertiary/aromatic N) is 1. The van der Waals surface area contributed by atoms with E-state index in [0.717, 1.165) is 11.1 Å². The predicted molar refractivity (Wildman–Crippen MR) is 115 cm³/mol. The maximum atomic E-state index is 12.0. The van der Waals surface area contributed by atoms with E-state index >= 15 is 0 Å². The molecule has 0 heterocycles. The van der Waals surface area contributed by atoms with E-state index in [1.54, 1.807) is 6.21 Å². The van der Waals surface area contributed by atoms with E-state index in [2.05, 4.69) is 24.4 Å². The maximum Gasteiger partial charge on any atom is 0.277 e. The van der Waals surface area contributed by atoms with Crippen LogP contribution in [0.2, 0.25) is 0 Å². The lowest BCUT2D eigenvalue weighted by Gasteiger charge is -2.12. The molecule has 2 rings (SSSR count). The van der Waals surface area contributed by atoms with Crippen molar-refractivity contribution in [2.24, 2.45) is 5.10 Å². The highest BCUT2D eigenvalue weighted by Crippen LogP contribution is 2.28. The van der Waals surface area contributed by atoms with E-state index in [-0.39, 0.29) is 12.5 Å². The molecule has 1 amide bonds. The fourth-order valence-corrected chi connectivity index (χ4v) is 2.89. The minimum Gasteiger partial charge on any atom is -0.490 e. The van der Waals surface area contributed by atoms with E-state index in [1.807, 2.05) is 57.2 Å². The second-order valence-corrected chi connectivity index (χ2v) is 6.83. The van der Waals surface area contributed by atoms with Crippen LogP contribution >= 0.6 is 0 Å². The van der Waals surface area contributed by atoms with Gasteiger partial charge in [-0.1, -0.05) is 19.9 Å². The molecule has 0 radical (unpaired) electrons. The molecule has 0 fully saturated rings. The van der Waals surface area contributed by atoms with Gasteiger partial charge in [-0.2, -0.15) is 5.10 Å². The Hall–Kier alpha value is -3.02. The molecule has 0 unspecified atom stereocenters. The lowest BCUT2D eigenvalue weighted by molar-refractivity contribution is -0.123. The number of aryl methyl sites for hydroxylation is 1.